The second kappa shape index (κ2) is 11.1. The van der Waals surface area contributed by atoms with Crippen LogP contribution in [0.4, 0.5) is 10.1 Å². The molecular formula is C22H29FN4OS. The molecular weight excluding hydrogens is 387 g/mol. The highest BCUT2D eigenvalue weighted by Gasteiger charge is 2.15. The lowest BCUT2D eigenvalue weighted by Gasteiger charge is -2.29. The van der Waals surface area contributed by atoms with E-state index in [0.29, 0.717) is 36.7 Å². The van der Waals surface area contributed by atoms with Crippen LogP contribution in [0.15, 0.2) is 58.4 Å². The Balaban J connectivity index is 1.47. The number of morpholine rings is 1. The first kappa shape index (κ1) is 21.5. The van der Waals surface area contributed by atoms with Gasteiger partial charge < -0.3 is 20.3 Å². The van der Waals surface area contributed by atoms with Crippen molar-refractivity contribution in [3.63, 3.8) is 0 Å². The number of anilines is 1. The van der Waals surface area contributed by atoms with E-state index < -0.39 is 0 Å². The number of aliphatic imine (C=N–C) groups is 1. The lowest BCUT2D eigenvalue weighted by molar-refractivity contribution is 0.122. The zero-order valence-corrected chi connectivity index (χ0v) is 17.8. The van der Waals surface area contributed by atoms with Crippen molar-refractivity contribution < 1.29 is 9.13 Å². The molecule has 2 N–H and O–H groups in total. The maximum atomic E-state index is 14.5. The Morgan fingerprint density at radius 1 is 1.17 bits per heavy atom. The molecule has 2 aromatic rings. The minimum absolute atomic E-state index is 0.193. The standard InChI is InChI=1S/C22H29FN4OS/c1-17(29-19-6-4-3-5-7-19)15-25-22(24-2)26-16-18-8-9-21(20(23)14-18)27-10-12-28-13-11-27/h3-9,14,17H,10-13,15-16H2,1-2H3,(H2,24,25,26). The van der Waals surface area contributed by atoms with Crippen LogP contribution in [-0.2, 0) is 11.3 Å². The van der Waals surface area contributed by atoms with E-state index in [1.807, 2.05) is 47.0 Å². The third-order valence-electron chi connectivity index (χ3n) is 4.68. The van der Waals surface area contributed by atoms with Crippen LogP contribution in [0, 0.1) is 5.82 Å². The number of hydrogen-bond acceptors (Lipinski definition) is 4. The molecule has 1 fully saturated rings. The average molecular weight is 417 g/mol. The van der Waals surface area contributed by atoms with Gasteiger partial charge in [0.2, 0.25) is 0 Å². The molecule has 0 bridgehead atoms. The van der Waals surface area contributed by atoms with Crippen LogP contribution in [0.25, 0.3) is 0 Å². The van der Waals surface area contributed by atoms with Gasteiger partial charge in [0.05, 0.1) is 18.9 Å². The summed E-state index contributed by atoms with van der Waals surface area (Å²) in [4.78, 5) is 7.55. The summed E-state index contributed by atoms with van der Waals surface area (Å²) < 4.78 is 19.9. The molecule has 0 saturated carbocycles. The molecule has 1 aliphatic rings. The van der Waals surface area contributed by atoms with Crippen LogP contribution in [0.1, 0.15) is 12.5 Å². The van der Waals surface area contributed by atoms with Crippen molar-refractivity contribution in [3.8, 4) is 0 Å². The molecule has 29 heavy (non-hydrogen) atoms. The molecule has 1 aliphatic heterocycles. The summed E-state index contributed by atoms with van der Waals surface area (Å²) in [6.45, 7) is 6.22. The van der Waals surface area contributed by atoms with Crippen molar-refractivity contribution in [2.24, 2.45) is 4.99 Å². The number of nitrogens with one attached hydrogen (secondary N) is 2. The topological polar surface area (TPSA) is 48.9 Å². The van der Waals surface area contributed by atoms with Crippen molar-refractivity contribution in [2.75, 3.05) is 44.8 Å². The maximum Gasteiger partial charge on any atom is 0.191 e. The number of thioether (sulfide) groups is 1. The van der Waals surface area contributed by atoms with Gasteiger partial charge in [0.1, 0.15) is 5.82 Å². The zero-order chi connectivity index (χ0) is 20.5. The van der Waals surface area contributed by atoms with Gasteiger partial charge in [-0.25, -0.2) is 4.39 Å². The molecule has 156 valence electrons. The number of guanidine groups is 1. The van der Waals surface area contributed by atoms with Gasteiger partial charge >= 0.3 is 0 Å². The van der Waals surface area contributed by atoms with Crippen molar-refractivity contribution in [1.82, 2.24) is 10.6 Å². The molecule has 5 nitrogen and oxygen atoms in total. The molecule has 1 atom stereocenters. The van der Waals surface area contributed by atoms with Crippen LogP contribution in [0.3, 0.4) is 0 Å². The Labute approximate surface area is 176 Å². The van der Waals surface area contributed by atoms with Gasteiger partial charge in [0.15, 0.2) is 5.96 Å². The fourth-order valence-corrected chi connectivity index (χ4v) is 4.09. The van der Waals surface area contributed by atoms with E-state index in [4.69, 9.17) is 4.74 Å². The van der Waals surface area contributed by atoms with Crippen molar-refractivity contribution in [1.29, 1.82) is 0 Å². The molecule has 1 heterocycles. The lowest BCUT2D eigenvalue weighted by atomic mass is 10.1. The first-order valence-electron chi connectivity index (χ1n) is 9.93. The van der Waals surface area contributed by atoms with Crippen molar-refractivity contribution >= 4 is 23.4 Å². The lowest BCUT2D eigenvalue weighted by Crippen LogP contribution is -2.39. The summed E-state index contributed by atoms with van der Waals surface area (Å²) in [5.74, 6) is 0.519. The van der Waals surface area contributed by atoms with Gasteiger partial charge in [0, 0.05) is 43.4 Å². The SMILES string of the molecule is CN=C(NCc1ccc(N2CCOCC2)c(F)c1)NCC(C)Sc1ccccc1. The maximum absolute atomic E-state index is 14.5. The minimum Gasteiger partial charge on any atom is -0.378 e. The van der Waals surface area contributed by atoms with Crippen molar-refractivity contribution in [2.45, 2.75) is 23.6 Å². The quantitative estimate of drug-likeness (QED) is 0.411. The zero-order valence-electron chi connectivity index (χ0n) is 17.0. The molecule has 0 aliphatic carbocycles. The Bertz CT molecular complexity index is 797. The molecule has 1 unspecified atom stereocenters. The van der Waals surface area contributed by atoms with E-state index in [-0.39, 0.29) is 5.82 Å². The number of rotatable bonds is 7. The predicted octanol–water partition coefficient (Wildman–Crippen LogP) is 3.51. The highest BCUT2D eigenvalue weighted by atomic mass is 32.2. The predicted molar refractivity (Wildman–Crippen MR) is 119 cm³/mol. The summed E-state index contributed by atoms with van der Waals surface area (Å²) >= 11 is 1.82. The molecule has 7 heteroatoms. The fourth-order valence-electron chi connectivity index (χ4n) is 3.14. The van der Waals surface area contributed by atoms with Gasteiger partial charge in [-0.1, -0.05) is 31.2 Å². The van der Waals surface area contributed by atoms with E-state index in [2.05, 4.69) is 34.7 Å². The molecule has 0 amide bonds. The van der Waals surface area contributed by atoms with Gasteiger partial charge in [-0.05, 0) is 29.8 Å². The first-order valence-corrected chi connectivity index (χ1v) is 10.8. The summed E-state index contributed by atoms with van der Waals surface area (Å²) in [5.41, 5.74) is 1.53. The third kappa shape index (κ3) is 6.65. The van der Waals surface area contributed by atoms with E-state index in [1.54, 1.807) is 13.1 Å². The smallest absolute Gasteiger partial charge is 0.191 e. The van der Waals surface area contributed by atoms with Crippen LogP contribution >= 0.6 is 11.8 Å². The largest absolute Gasteiger partial charge is 0.378 e. The van der Waals surface area contributed by atoms with E-state index >= 15 is 0 Å². The van der Waals surface area contributed by atoms with Crippen molar-refractivity contribution in [3.05, 3.63) is 59.9 Å². The molecule has 0 aromatic heterocycles. The second-order valence-electron chi connectivity index (χ2n) is 6.93. The third-order valence-corrected chi connectivity index (χ3v) is 5.80. The fraction of sp³-hybridized carbons (Fsp3) is 0.409. The average Bonchev–Trinajstić information content (AvgIpc) is 2.75. The van der Waals surface area contributed by atoms with Crippen LogP contribution in [-0.4, -0.2) is 51.1 Å². The summed E-state index contributed by atoms with van der Waals surface area (Å²) in [7, 11) is 1.74. The number of nitrogens with zero attached hydrogens (tertiary/aromatic N) is 2. The highest BCUT2D eigenvalue weighted by molar-refractivity contribution is 8.00. The number of halogens is 1. The first-order chi connectivity index (χ1) is 14.2. The molecule has 0 radical (unpaired) electrons. The minimum atomic E-state index is -0.193. The monoisotopic (exact) mass is 416 g/mol. The second-order valence-corrected chi connectivity index (χ2v) is 8.45. The Hall–Kier alpha value is -2.25. The van der Waals surface area contributed by atoms with Gasteiger partial charge in [-0.3, -0.25) is 4.99 Å². The van der Waals surface area contributed by atoms with Gasteiger partial charge in [-0.15, -0.1) is 11.8 Å². The van der Waals surface area contributed by atoms with E-state index in [9.17, 15) is 4.39 Å². The molecule has 1 saturated heterocycles. The molecule has 0 spiro atoms. The number of benzene rings is 2. The Kier molecular flexibility index (Phi) is 8.19. The molecule has 3 rings (SSSR count). The Morgan fingerprint density at radius 2 is 1.93 bits per heavy atom. The summed E-state index contributed by atoms with van der Waals surface area (Å²) in [5, 5.41) is 6.99. The number of hydrogen-bond donors (Lipinski definition) is 2. The number of ether oxygens (including phenoxy) is 1. The summed E-state index contributed by atoms with van der Waals surface area (Å²) in [6, 6.07) is 15.8. The van der Waals surface area contributed by atoms with Gasteiger partial charge in [0.25, 0.3) is 0 Å². The normalized spacial score (nSPS) is 15.8. The molecule has 2 aromatic carbocycles. The van der Waals surface area contributed by atoms with Crippen LogP contribution < -0.4 is 15.5 Å². The van der Waals surface area contributed by atoms with Gasteiger partial charge in [-0.2, -0.15) is 0 Å². The van der Waals surface area contributed by atoms with E-state index in [0.717, 1.165) is 25.2 Å². The summed E-state index contributed by atoms with van der Waals surface area (Å²) in [6.07, 6.45) is 0. The van der Waals surface area contributed by atoms with E-state index in [1.165, 1.54) is 4.90 Å². The highest BCUT2D eigenvalue weighted by Crippen LogP contribution is 2.22. The van der Waals surface area contributed by atoms with Crippen LogP contribution in [0.5, 0.6) is 0 Å². The Morgan fingerprint density at radius 3 is 2.62 bits per heavy atom. The van der Waals surface area contributed by atoms with Crippen LogP contribution in [0.2, 0.25) is 0 Å².